The molecule has 0 aliphatic heterocycles. The number of rotatable bonds is 7. The van der Waals surface area contributed by atoms with E-state index in [-0.39, 0.29) is 0 Å². The van der Waals surface area contributed by atoms with Crippen molar-refractivity contribution in [3.8, 4) is 0 Å². The quantitative estimate of drug-likeness (QED) is 0.517. The van der Waals surface area contributed by atoms with Gasteiger partial charge in [-0.1, -0.05) is 67.2 Å². The lowest BCUT2D eigenvalue weighted by molar-refractivity contribution is 0.0113. The van der Waals surface area contributed by atoms with E-state index in [9.17, 15) is 0 Å². The Morgan fingerprint density at radius 1 is 1.24 bits per heavy atom. The van der Waals surface area contributed by atoms with Crippen LogP contribution in [0, 0.1) is 29.1 Å². The fourth-order valence-corrected chi connectivity index (χ4v) is 4.01. The Bertz CT molecular complexity index is 216. The second kappa shape index (κ2) is 6.25. The predicted octanol–water partition coefficient (Wildman–Crippen LogP) is 5.91. The highest BCUT2D eigenvalue weighted by molar-refractivity contribution is 4.91. The van der Waals surface area contributed by atoms with Crippen LogP contribution < -0.4 is 0 Å². The van der Waals surface area contributed by atoms with Crippen LogP contribution in [-0.2, 0) is 0 Å². The van der Waals surface area contributed by atoms with E-state index in [4.69, 9.17) is 0 Å². The van der Waals surface area contributed by atoms with Crippen LogP contribution >= 0.6 is 0 Å². The van der Waals surface area contributed by atoms with Crippen LogP contribution in [-0.4, -0.2) is 0 Å². The van der Waals surface area contributed by atoms with Crippen molar-refractivity contribution in [3.05, 3.63) is 0 Å². The predicted molar refractivity (Wildman–Crippen MR) is 78.1 cm³/mol. The molecule has 0 nitrogen and oxygen atoms in total. The van der Waals surface area contributed by atoms with Crippen LogP contribution in [0.25, 0.3) is 0 Å². The summed E-state index contributed by atoms with van der Waals surface area (Å²) in [6.45, 7) is 14.5. The van der Waals surface area contributed by atoms with E-state index in [0.29, 0.717) is 5.41 Å². The molecule has 1 fully saturated rings. The van der Waals surface area contributed by atoms with E-state index in [0.717, 1.165) is 23.7 Å². The third-order valence-electron chi connectivity index (χ3n) is 5.29. The molecule has 0 aromatic heterocycles. The molecule has 0 N–H and O–H groups in total. The van der Waals surface area contributed by atoms with Crippen LogP contribution in [0.1, 0.15) is 80.1 Å². The van der Waals surface area contributed by atoms with Crippen LogP contribution in [0.3, 0.4) is 0 Å². The molecular formula is C17H34. The third kappa shape index (κ3) is 4.00. The van der Waals surface area contributed by atoms with Crippen molar-refractivity contribution in [2.45, 2.75) is 80.1 Å². The lowest BCUT2D eigenvalue weighted by Crippen LogP contribution is -2.40. The smallest absolute Gasteiger partial charge is 0.0334 e. The summed E-state index contributed by atoms with van der Waals surface area (Å²) in [4.78, 5) is 0. The highest BCUT2D eigenvalue weighted by Gasteiger charge is 2.41. The monoisotopic (exact) mass is 238 g/mol. The summed E-state index contributed by atoms with van der Waals surface area (Å²) in [5.41, 5.74) is 0.546. The van der Waals surface area contributed by atoms with Gasteiger partial charge in [0.2, 0.25) is 0 Å². The summed E-state index contributed by atoms with van der Waals surface area (Å²) >= 11 is 0. The SMILES string of the molecule is CCCCC1CC(C)C1C(C)CC(C)(C)CC. The first-order chi connectivity index (χ1) is 7.91. The normalized spacial score (nSPS) is 31.1. The van der Waals surface area contributed by atoms with Gasteiger partial charge in [0.05, 0.1) is 0 Å². The first kappa shape index (κ1) is 15.1. The average Bonchev–Trinajstić information content (AvgIpc) is 2.22. The highest BCUT2D eigenvalue weighted by Crippen LogP contribution is 2.50. The minimum absolute atomic E-state index is 0.546. The molecule has 0 heteroatoms. The molecule has 17 heavy (non-hydrogen) atoms. The van der Waals surface area contributed by atoms with Gasteiger partial charge in [0.1, 0.15) is 0 Å². The molecule has 1 rings (SSSR count). The molecular weight excluding hydrogens is 204 g/mol. The second-order valence-corrected chi connectivity index (χ2v) is 7.39. The molecule has 0 bridgehead atoms. The molecule has 102 valence electrons. The Kier molecular flexibility index (Phi) is 5.54. The largest absolute Gasteiger partial charge is 0.0654 e. The highest BCUT2D eigenvalue weighted by atomic mass is 14.5. The van der Waals surface area contributed by atoms with Crippen molar-refractivity contribution >= 4 is 0 Å². The fraction of sp³-hybridized carbons (Fsp3) is 1.00. The lowest BCUT2D eigenvalue weighted by Gasteiger charge is -2.48. The Hall–Kier alpha value is 0. The minimum Gasteiger partial charge on any atom is -0.0654 e. The minimum atomic E-state index is 0.546. The third-order valence-corrected chi connectivity index (χ3v) is 5.29. The average molecular weight is 238 g/mol. The molecule has 1 aliphatic carbocycles. The van der Waals surface area contributed by atoms with E-state index < -0.39 is 0 Å². The van der Waals surface area contributed by atoms with Crippen LogP contribution in [0.4, 0.5) is 0 Å². The van der Waals surface area contributed by atoms with Gasteiger partial charge in [-0.15, -0.1) is 0 Å². The first-order valence-corrected chi connectivity index (χ1v) is 7.91. The summed E-state index contributed by atoms with van der Waals surface area (Å²) in [6.07, 6.45) is 8.54. The van der Waals surface area contributed by atoms with Crippen molar-refractivity contribution in [2.24, 2.45) is 29.1 Å². The van der Waals surface area contributed by atoms with Gasteiger partial charge in [-0.25, -0.2) is 0 Å². The maximum Gasteiger partial charge on any atom is -0.0334 e. The molecule has 1 saturated carbocycles. The zero-order valence-electron chi connectivity index (χ0n) is 13.1. The molecule has 1 aliphatic rings. The molecule has 0 saturated heterocycles. The topological polar surface area (TPSA) is 0 Å². The Morgan fingerprint density at radius 2 is 1.88 bits per heavy atom. The van der Waals surface area contributed by atoms with Crippen molar-refractivity contribution in [3.63, 3.8) is 0 Å². The number of unbranched alkanes of at least 4 members (excludes halogenated alkanes) is 1. The Morgan fingerprint density at radius 3 is 2.35 bits per heavy atom. The second-order valence-electron chi connectivity index (χ2n) is 7.39. The van der Waals surface area contributed by atoms with Gasteiger partial charge in [-0.05, 0) is 41.9 Å². The summed E-state index contributed by atoms with van der Waals surface area (Å²) in [5, 5.41) is 0. The van der Waals surface area contributed by atoms with Crippen molar-refractivity contribution < 1.29 is 0 Å². The van der Waals surface area contributed by atoms with Crippen molar-refractivity contribution in [1.29, 1.82) is 0 Å². The standard InChI is InChI=1S/C17H34/c1-7-9-10-15-11-13(3)16(15)14(4)12-17(5,6)8-2/h13-16H,7-12H2,1-6H3. The molecule has 4 atom stereocenters. The first-order valence-electron chi connectivity index (χ1n) is 7.91. The van der Waals surface area contributed by atoms with E-state index in [2.05, 4.69) is 41.5 Å². The summed E-state index contributed by atoms with van der Waals surface area (Å²) in [7, 11) is 0. The molecule has 0 aromatic rings. The van der Waals surface area contributed by atoms with Gasteiger partial charge in [-0.3, -0.25) is 0 Å². The molecule has 4 unspecified atom stereocenters. The van der Waals surface area contributed by atoms with E-state index in [1.807, 2.05) is 0 Å². The van der Waals surface area contributed by atoms with Gasteiger partial charge in [0.25, 0.3) is 0 Å². The van der Waals surface area contributed by atoms with E-state index in [1.165, 1.54) is 38.5 Å². The van der Waals surface area contributed by atoms with E-state index >= 15 is 0 Å². The van der Waals surface area contributed by atoms with E-state index in [1.54, 1.807) is 0 Å². The van der Waals surface area contributed by atoms with Crippen molar-refractivity contribution in [1.82, 2.24) is 0 Å². The van der Waals surface area contributed by atoms with Gasteiger partial charge in [0.15, 0.2) is 0 Å². The van der Waals surface area contributed by atoms with Crippen LogP contribution in [0.5, 0.6) is 0 Å². The molecule has 0 radical (unpaired) electrons. The van der Waals surface area contributed by atoms with Gasteiger partial charge >= 0.3 is 0 Å². The molecule has 0 heterocycles. The maximum atomic E-state index is 2.51. The van der Waals surface area contributed by atoms with Gasteiger partial charge in [-0.2, -0.15) is 0 Å². The number of hydrogen-bond acceptors (Lipinski definition) is 0. The van der Waals surface area contributed by atoms with Crippen LogP contribution in [0.15, 0.2) is 0 Å². The summed E-state index contributed by atoms with van der Waals surface area (Å²) in [5.74, 6) is 3.98. The van der Waals surface area contributed by atoms with Crippen molar-refractivity contribution in [2.75, 3.05) is 0 Å². The maximum absolute atomic E-state index is 2.51. The van der Waals surface area contributed by atoms with Crippen LogP contribution in [0.2, 0.25) is 0 Å². The fourth-order valence-electron chi connectivity index (χ4n) is 4.01. The molecule has 0 spiro atoms. The van der Waals surface area contributed by atoms with Gasteiger partial charge < -0.3 is 0 Å². The summed E-state index contributed by atoms with van der Waals surface area (Å²) < 4.78 is 0. The Balaban J connectivity index is 2.46. The Labute approximate surface area is 110 Å². The zero-order chi connectivity index (χ0) is 13.1. The summed E-state index contributed by atoms with van der Waals surface area (Å²) in [6, 6.07) is 0. The van der Waals surface area contributed by atoms with Gasteiger partial charge in [0, 0.05) is 0 Å². The molecule has 0 amide bonds. The molecule has 0 aromatic carbocycles. The lowest BCUT2D eigenvalue weighted by atomic mass is 9.57. The number of hydrogen-bond donors (Lipinski definition) is 0. The zero-order valence-corrected chi connectivity index (χ0v) is 13.1.